The van der Waals surface area contributed by atoms with Crippen LogP contribution in [0.2, 0.25) is 0 Å². The van der Waals surface area contributed by atoms with Crippen LogP contribution in [-0.2, 0) is 17.8 Å². The van der Waals surface area contributed by atoms with Gasteiger partial charge in [0.15, 0.2) is 0 Å². The summed E-state index contributed by atoms with van der Waals surface area (Å²) >= 11 is 0. The molecule has 0 radical (unpaired) electrons. The Bertz CT molecular complexity index is 421. The van der Waals surface area contributed by atoms with Crippen LogP contribution in [0.25, 0.3) is 0 Å². The number of rotatable bonds is 9. The van der Waals surface area contributed by atoms with Crippen LogP contribution < -0.4 is 5.32 Å². The fourth-order valence-corrected chi connectivity index (χ4v) is 2.13. The van der Waals surface area contributed by atoms with Gasteiger partial charge >= 0.3 is 0 Å². The average Bonchev–Trinajstić information content (AvgIpc) is 2.43. The summed E-state index contributed by atoms with van der Waals surface area (Å²) in [5, 5.41) is 3.36. The van der Waals surface area contributed by atoms with E-state index in [2.05, 4.69) is 37.9 Å². The predicted molar refractivity (Wildman–Crippen MR) is 85.8 cm³/mol. The summed E-state index contributed by atoms with van der Waals surface area (Å²) in [6, 6.07) is 6.17. The number of hydrogen-bond acceptors (Lipinski definition) is 3. The third-order valence-electron chi connectivity index (χ3n) is 3.51. The van der Waals surface area contributed by atoms with Gasteiger partial charge in [-0.15, -0.1) is 0 Å². The van der Waals surface area contributed by atoms with Crippen molar-refractivity contribution < 1.29 is 9.13 Å². The maximum Gasteiger partial charge on any atom is 0.127 e. The molecule has 120 valence electrons. The van der Waals surface area contributed by atoms with Gasteiger partial charge in [-0.2, -0.15) is 0 Å². The van der Waals surface area contributed by atoms with Gasteiger partial charge in [-0.3, -0.25) is 4.90 Å². The van der Waals surface area contributed by atoms with Crippen molar-refractivity contribution in [2.24, 2.45) is 0 Å². The maximum absolute atomic E-state index is 14.0. The molecule has 21 heavy (non-hydrogen) atoms. The molecule has 0 aliphatic rings. The van der Waals surface area contributed by atoms with E-state index >= 15 is 0 Å². The van der Waals surface area contributed by atoms with Crippen LogP contribution in [0.15, 0.2) is 18.2 Å². The molecule has 1 rings (SSSR count). The molecule has 0 amide bonds. The van der Waals surface area contributed by atoms with E-state index in [1.54, 1.807) is 13.2 Å². The van der Waals surface area contributed by atoms with Crippen LogP contribution in [0.5, 0.6) is 0 Å². The number of nitrogens with zero attached hydrogens (tertiary/aromatic N) is 1. The lowest BCUT2D eigenvalue weighted by atomic mass is 10.1. The third-order valence-corrected chi connectivity index (χ3v) is 3.51. The van der Waals surface area contributed by atoms with Gasteiger partial charge in [-0.05, 0) is 25.5 Å². The summed E-state index contributed by atoms with van der Waals surface area (Å²) in [5.74, 6) is -0.133. The fourth-order valence-electron chi connectivity index (χ4n) is 2.13. The Morgan fingerprint density at radius 1 is 1.24 bits per heavy atom. The Kier molecular flexibility index (Phi) is 7.86. The first kappa shape index (κ1) is 18.1. The smallest absolute Gasteiger partial charge is 0.127 e. The lowest BCUT2D eigenvalue weighted by Crippen LogP contribution is -2.33. The second kappa shape index (κ2) is 9.13. The highest BCUT2D eigenvalue weighted by molar-refractivity contribution is 5.25. The monoisotopic (exact) mass is 296 g/mol. The maximum atomic E-state index is 14.0. The highest BCUT2D eigenvalue weighted by atomic mass is 19.1. The molecule has 0 atom stereocenters. The van der Waals surface area contributed by atoms with Crippen LogP contribution in [0.4, 0.5) is 4.39 Å². The Hall–Kier alpha value is -0.970. The first-order chi connectivity index (χ1) is 9.93. The molecule has 0 spiro atoms. The minimum atomic E-state index is -0.133. The number of nitrogens with one attached hydrogen (secondary N) is 1. The lowest BCUT2D eigenvalue weighted by Gasteiger charge is -2.26. The van der Waals surface area contributed by atoms with Gasteiger partial charge in [0.2, 0.25) is 0 Å². The van der Waals surface area contributed by atoms with Crippen molar-refractivity contribution in [2.45, 2.75) is 52.9 Å². The molecule has 0 fully saturated rings. The van der Waals surface area contributed by atoms with Crippen molar-refractivity contribution >= 4 is 0 Å². The molecule has 1 aromatic rings. The summed E-state index contributed by atoms with van der Waals surface area (Å²) < 4.78 is 19.2. The van der Waals surface area contributed by atoms with Crippen molar-refractivity contribution in [1.82, 2.24) is 10.2 Å². The zero-order valence-corrected chi connectivity index (χ0v) is 13.9. The van der Waals surface area contributed by atoms with E-state index in [1.165, 1.54) is 0 Å². The Morgan fingerprint density at radius 2 is 1.95 bits per heavy atom. The zero-order chi connectivity index (χ0) is 15.8. The lowest BCUT2D eigenvalue weighted by molar-refractivity contribution is 0.124. The van der Waals surface area contributed by atoms with E-state index in [1.807, 2.05) is 12.1 Å². The first-order valence-corrected chi connectivity index (χ1v) is 7.67. The quantitative estimate of drug-likeness (QED) is 0.757. The fraction of sp³-hybridized carbons (Fsp3) is 0.647. The van der Waals surface area contributed by atoms with E-state index < -0.39 is 0 Å². The molecule has 1 N–H and O–H groups in total. The third kappa shape index (κ3) is 6.55. The van der Waals surface area contributed by atoms with Gasteiger partial charge in [0.05, 0.1) is 6.61 Å². The number of benzene rings is 1. The molecule has 0 aliphatic heterocycles. The van der Waals surface area contributed by atoms with Gasteiger partial charge < -0.3 is 10.1 Å². The van der Waals surface area contributed by atoms with Crippen LogP contribution in [0, 0.1) is 5.82 Å². The van der Waals surface area contributed by atoms with Gasteiger partial charge in [0.1, 0.15) is 5.82 Å². The van der Waals surface area contributed by atoms with Crippen LogP contribution in [-0.4, -0.2) is 37.2 Å². The first-order valence-electron chi connectivity index (χ1n) is 7.67. The Morgan fingerprint density at radius 3 is 2.52 bits per heavy atom. The number of hydrogen-bond donors (Lipinski definition) is 1. The molecule has 0 saturated carbocycles. The molecule has 3 nitrogen and oxygen atoms in total. The molecule has 0 saturated heterocycles. The summed E-state index contributed by atoms with van der Waals surface area (Å²) in [6.45, 7) is 11.3. The van der Waals surface area contributed by atoms with E-state index in [4.69, 9.17) is 4.74 Å². The van der Waals surface area contributed by atoms with Crippen molar-refractivity contribution in [1.29, 1.82) is 0 Å². The summed E-state index contributed by atoms with van der Waals surface area (Å²) in [6.07, 6.45) is 0. The molecule has 0 unspecified atom stereocenters. The molecule has 0 bridgehead atoms. The molecular weight excluding hydrogens is 267 g/mol. The van der Waals surface area contributed by atoms with Crippen molar-refractivity contribution in [3.05, 3.63) is 35.1 Å². The van der Waals surface area contributed by atoms with Crippen molar-refractivity contribution in [2.75, 3.05) is 20.3 Å². The Balaban J connectivity index is 2.77. The average molecular weight is 296 g/mol. The van der Waals surface area contributed by atoms with Gasteiger partial charge in [0, 0.05) is 44.4 Å². The molecular formula is C17H29FN2O. The highest BCUT2D eigenvalue weighted by Gasteiger charge is 2.13. The minimum Gasteiger partial charge on any atom is -0.383 e. The van der Waals surface area contributed by atoms with Crippen molar-refractivity contribution in [3.63, 3.8) is 0 Å². The molecule has 1 aromatic carbocycles. The molecule has 0 heterocycles. The highest BCUT2D eigenvalue weighted by Crippen LogP contribution is 2.15. The normalized spacial score (nSPS) is 11.9. The summed E-state index contributed by atoms with van der Waals surface area (Å²) in [4.78, 5) is 2.22. The van der Waals surface area contributed by atoms with Crippen LogP contribution in [0.3, 0.4) is 0 Å². The van der Waals surface area contributed by atoms with Crippen LogP contribution >= 0.6 is 0 Å². The number of ether oxygens (including phenoxy) is 1. The number of methoxy groups -OCH3 is 1. The van der Waals surface area contributed by atoms with Crippen molar-refractivity contribution in [3.8, 4) is 0 Å². The largest absolute Gasteiger partial charge is 0.383 e. The second-order valence-corrected chi connectivity index (χ2v) is 6.02. The Labute approximate surface area is 128 Å². The summed E-state index contributed by atoms with van der Waals surface area (Å²) in [5.41, 5.74) is 1.87. The second-order valence-electron chi connectivity index (χ2n) is 6.02. The SMILES string of the molecule is COCCN(Cc1cc(CNC(C)C)ccc1F)C(C)C. The van der Waals surface area contributed by atoms with Crippen LogP contribution in [0.1, 0.15) is 38.8 Å². The summed E-state index contributed by atoms with van der Waals surface area (Å²) in [7, 11) is 1.69. The van der Waals surface area contributed by atoms with E-state index in [-0.39, 0.29) is 5.82 Å². The topological polar surface area (TPSA) is 24.5 Å². The molecule has 0 aromatic heterocycles. The predicted octanol–water partition coefficient (Wildman–Crippen LogP) is 3.18. The van der Waals surface area contributed by atoms with E-state index in [0.717, 1.165) is 24.2 Å². The van der Waals surface area contributed by atoms with E-state index in [9.17, 15) is 4.39 Å². The van der Waals surface area contributed by atoms with Gasteiger partial charge in [-0.25, -0.2) is 4.39 Å². The number of halogens is 1. The van der Waals surface area contributed by atoms with E-state index in [0.29, 0.717) is 25.2 Å². The zero-order valence-electron chi connectivity index (χ0n) is 13.9. The van der Waals surface area contributed by atoms with Gasteiger partial charge in [-0.1, -0.05) is 26.0 Å². The van der Waals surface area contributed by atoms with Gasteiger partial charge in [0.25, 0.3) is 0 Å². The minimum absolute atomic E-state index is 0.133. The molecule has 0 aliphatic carbocycles. The standard InChI is InChI=1S/C17H29FN2O/c1-13(2)19-11-15-6-7-17(18)16(10-15)12-20(14(3)4)8-9-21-5/h6-7,10,13-14,19H,8-9,11-12H2,1-5H3. The molecule has 4 heteroatoms.